The van der Waals surface area contributed by atoms with Crippen molar-refractivity contribution in [2.75, 3.05) is 5.32 Å². The first kappa shape index (κ1) is 18.2. The Morgan fingerprint density at radius 2 is 2.03 bits per heavy atom. The second-order valence-electron chi connectivity index (χ2n) is 6.85. The second kappa shape index (κ2) is 7.53. The van der Waals surface area contributed by atoms with Crippen molar-refractivity contribution in [2.24, 2.45) is 0 Å². The van der Waals surface area contributed by atoms with Gasteiger partial charge < -0.3 is 5.32 Å². The lowest BCUT2D eigenvalue weighted by Gasteiger charge is -2.10. The summed E-state index contributed by atoms with van der Waals surface area (Å²) in [5, 5.41) is 16.2. The van der Waals surface area contributed by atoms with Crippen molar-refractivity contribution in [2.45, 2.75) is 13.3 Å². The molecule has 5 aromatic rings. The van der Waals surface area contributed by atoms with E-state index in [4.69, 9.17) is 0 Å². The van der Waals surface area contributed by atoms with Gasteiger partial charge in [-0.05, 0) is 35.0 Å². The lowest BCUT2D eigenvalue weighted by atomic mass is 10.1. The van der Waals surface area contributed by atoms with Crippen LogP contribution in [-0.2, 0) is 11.2 Å². The molecule has 0 radical (unpaired) electrons. The van der Waals surface area contributed by atoms with Crippen molar-refractivity contribution >= 4 is 27.9 Å². The van der Waals surface area contributed by atoms with Crippen molar-refractivity contribution in [1.82, 2.24) is 29.6 Å². The van der Waals surface area contributed by atoms with Crippen molar-refractivity contribution in [3.8, 4) is 16.9 Å². The molecular formula is C21H17N7OS. The Hall–Kier alpha value is -3.85. The van der Waals surface area contributed by atoms with E-state index in [0.29, 0.717) is 0 Å². The van der Waals surface area contributed by atoms with E-state index in [1.807, 2.05) is 71.4 Å². The first-order valence-electron chi connectivity index (χ1n) is 9.32. The van der Waals surface area contributed by atoms with Crippen molar-refractivity contribution in [3.63, 3.8) is 0 Å². The predicted molar refractivity (Wildman–Crippen MR) is 115 cm³/mol. The summed E-state index contributed by atoms with van der Waals surface area (Å²) in [7, 11) is 0. The third-order valence-corrected chi connectivity index (χ3v) is 5.69. The van der Waals surface area contributed by atoms with Gasteiger partial charge in [-0.15, -0.1) is 16.4 Å². The second-order valence-corrected chi connectivity index (χ2v) is 7.69. The van der Waals surface area contributed by atoms with Gasteiger partial charge in [0.1, 0.15) is 6.33 Å². The molecule has 0 aliphatic rings. The van der Waals surface area contributed by atoms with E-state index >= 15 is 0 Å². The van der Waals surface area contributed by atoms with Crippen molar-refractivity contribution < 1.29 is 4.79 Å². The Morgan fingerprint density at radius 3 is 2.83 bits per heavy atom. The minimum absolute atomic E-state index is 0.0957. The number of nitrogens with one attached hydrogen (secondary N) is 1. The molecule has 0 saturated heterocycles. The van der Waals surface area contributed by atoms with Crippen LogP contribution in [0, 0.1) is 6.92 Å². The number of nitrogens with zero attached hydrogens (tertiary/aromatic N) is 6. The molecule has 0 bridgehead atoms. The monoisotopic (exact) mass is 415 g/mol. The Morgan fingerprint density at radius 1 is 1.17 bits per heavy atom. The van der Waals surface area contributed by atoms with Gasteiger partial charge in [0.2, 0.25) is 5.91 Å². The summed E-state index contributed by atoms with van der Waals surface area (Å²) in [5.74, 6) is -0.0957. The fourth-order valence-corrected chi connectivity index (χ4v) is 4.10. The number of fused-ring (bicyclic) bond motifs is 1. The number of tetrazole rings is 1. The molecule has 3 aromatic heterocycles. The van der Waals surface area contributed by atoms with E-state index in [0.717, 1.165) is 38.9 Å². The zero-order chi connectivity index (χ0) is 20.5. The highest BCUT2D eigenvalue weighted by Gasteiger charge is 2.14. The van der Waals surface area contributed by atoms with Gasteiger partial charge in [-0.2, -0.15) is 0 Å². The van der Waals surface area contributed by atoms with E-state index in [-0.39, 0.29) is 12.3 Å². The van der Waals surface area contributed by atoms with Gasteiger partial charge in [0, 0.05) is 28.5 Å². The number of carbonyl (C=O) groups is 1. The van der Waals surface area contributed by atoms with Gasteiger partial charge in [-0.25, -0.2) is 9.67 Å². The van der Waals surface area contributed by atoms with Crippen molar-refractivity contribution in [1.29, 1.82) is 0 Å². The Kier molecular flexibility index (Phi) is 4.56. The molecule has 8 nitrogen and oxygen atoms in total. The zero-order valence-corrected chi connectivity index (χ0v) is 16.9. The summed E-state index contributed by atoms with van der Waals surface area (Å²) in [5.41, 5.74) is 5.32. The molecule has 30 heavy (non-hydrogen) atoms. The van der Waals surface area contributed by atoms with Crippen LogP contribution in [0.15, 0.2) is 66.4 Å². The van der Waals surface area contributed by atoms with Crippen LogP contribution in [0.5, 0.6) is 0 Å². The molecule has 0 aliphatic carbocycles. The van der Waals surface area contributed by atoms with Crippen LogP contribution in [0.4, 0.5) is 5.69 Å². The van der Waals surface area contributed by atoms with Gasteiger partial charge in [0.25, 0.3) is 0 Å². The molecule has 148 valence electrons. The molecule has 0 spiro atoms. The third kappa shape index (κ3) is 3.46. The van der Waals surface area contributed by atoms with Crippen LogP contribution < -0.4 is 5.32 Å². The van der Waals surface area contributed by atoms with Gasteiger partial charge in [0.15, 0.2) is 4.96 Å². The number of benzene rings is 2. The first-order chi connectivity index (χ1) is 14.7. The summed E-state index contributed by atoms with van der Waals surface area (Å²) in [6.45, 7) is 1.95. The Labute approximate surface area is 175 Å². The zero-order valence-electron chi connectivity index (χ0n) is 16.1. The molecule has 1 N–H and O–H groups in total. The molecule has 9 heteroatoms. The van der Waals surface area contributed by atoms with Crippen LogP contribution in [0.3, 0.4) is 0 Å². The molecule has 0 fully saturated rings. The number of aromatic nitrogens is 6. The van der Waals surface area contributed by atoms with E-state index in [1.54, 1.807) is 4.68 Å². The first-order valence-corrected chi connectivity index (χ1v) is 10.2. The predicted octanol–water partition coefficient (Wildman–Crippen LogP) is 3.53. The van der Waals surface area contributed by atoms with Crippen LogP contribution in [0.25, 0.3) is 21.9 Å². The fraction of sp³-hybridized carbons (Fsp3) is 0.0952. The SMILES string of the molecule is Cc1ccc(-n2cnnn2)cc1NC(=O)Cc1csc2nc(-c3ccccc3)cn12. The van der Waals surface area contributed by atoms with Crippen LogP contribution >= 0.6 is 11.3 Å². The molecule has 0 saturated carbocycles. The molecule has 3 heterocycles. The number of carbonyl (C=O) groups excluding carboxylic acids is 1. The van der Waals surface area contributed by atoms with E-state index in [9.17, 15) is 4.79 Å². The van der Waals surface area contributed by atoms with Crippen molar-refractivity contribution in [3.05, 3.63) is 77.7 Å². The summed E-state index contributed by atoms with van der Waals surface area (Å²) < 4.78 is 3.53. The minimum atomic E-state index is -0.0957. The van der Waals surface area contributed by atoms with Crippen LogP contribution in [-0.4, -0.2) is 35.5 Å². The number of amides is 1. The van der Waals surface area contributed by atoms with E-state index in [1.165, 1.54) is 17.7 Å². The molecule has 2 aromatic carbocycles. The maximum atomic E-state index is 12.8. The number of hydrogen-bond donors (Lipinski definition) is 1. The summed E-state index contributed by atoms with van der Waals surface area (Å²) in [6, 6.07) is 15.7. The lowest BCUT2D eigenvalue weighted by molar-refractivity contribution is -0.115. The van der Waals surface area contributed by atoms with Gasteiger partial charge in [-0.3, -0.25) is 9.20 Å². The molecule has 1 amide bonds. The summed E-state index contributed by atoms with van der Waals surface area (Å²) in [4.78, 5) is 18.3. The number of rotatable bonds is 5. The Balaban J connectivity index is 1.37. The molecule has 0 atom stereocenters. The quantitative estimate of drug-likeness (QED) is 0.474. The molecule has 5 rings (SSSR count). The number of imidazole rings is 1. The third-order valence-electron chi connectivity index (χ3n) is 4.80. The van der Waals surface area contributed by atoms with Gasteiger partial charge in [-0.1, -0.05) is 36.4 Å². The summed E-state index contributed by atoms with van der Waals surface area (Å²) in [6.07, 6.45) is 3.74. The normalized spacial score (nSPS) is 11.1. The smallest absolute Gasteiger partial charge is 0.230 e. The van der Waals surface area contributed by atoms with E-state index < -0.39 is 0 Å². The fourth-order valence-electron chi connectivity index (χ4n) is 3.23. The maximum Gasteiger partial charge on any atom is 0.230 e. The average Bonchev–Trinajstić information content (AvgIpc) is 3.49. The van der Waals surface area contributed by atoms with Gasteiger partial charge >= 0.3 is 0 Å². The molecule has 0 unspecified atom stereocenters. The number of thiazole rings is 1. The largest absolute Gasteiger partial charge is 0.325 e. The molecule has 0 aliphatic heterocycles. The number of anilines is 1. The van der Waals surface area contributed by atoms with Crippen LogP contribution in [0.2, 0.25) is 0 Å². The van der Waals surface area contributed by atoms with Gasteiger partial charge in [0.05, 0.1) is 17.8 Å². The highest BCUT2D eigenvalue weighted by molar-refractivity contribution is 7.15. The lowest BCUT2D eigenvalue weighted by Crippen LogP contribution is -2.16. The highest BCUT2D eigenvalue weighted by Crippen LogP contribution is 2.24. The van der Waals surface area contributed by atoms with Crippen LogP contribution in [0.1, 0.15) is 11.3 Å². The summed E-state index contributed by atoms with van der Waals surface area (Å²) >= 11 is 1.53. The maximum absolute atomic E-state index is 12.8. The minimum Gasteiger partial charge on any atom is -0.325 e. The van der Waals surface area contributed by atoms with E-state index in [2.05, 4.69) is 25.8 Å². The standard InChI is InChI=1S/C21H17N7OS/c1-14-7-8-16(28-13-22-25-26-28)9-18(14)23-20(29)10-17-12-30-21-24-19(11-27(17)21)15-5-3-2-4-6-15/h2-9,11-13H,10H2,1H3,(H,23,29). The Bertz CT molecular complexity index is 1320. The topological polar surface area (TPSA) is 90.0 Å². The average molecular weight is 415 g/mol. The highest BCUT2D eigenvalue weighted by atomic mass is 32.1. The number of hydrogen-bond acceptors (Lipinski definition) is 6. The number of aryl methyl sites for hydroxylation is 1. The molecular weight excluding hydrogens is 398 g/mol.